The van der Waals surface area contributed by atoms with Crippen LogP contribution in [0.4, 0.5) is 10.1 Å². The van der Waals surface area contributed by atoms with Gasteiger partial charge in [0.1, 0.15) is 18.2 Å². The van der Waals surface area contributed by atoms with E-state index in [1.807, 2.05) is 49.4 Å². The maximum atomic E-state index is 13.2. The van der Waals surface area contributed by atoms with Gasteiger partial charge in [0.2, 0.25) is 0 Å². The molecule has 3 aromatic carbocycles. The Morgan fingerprint density at radius 3 is 2.35 bits per heavy atom. The molecule has 1 aliphatic heterocycles. The van der Waals surface area contributed by atoms with Gasteiger partial charge in [-0.3, -0.25) is 9.69 Å². The van der Waals surface area contributed by atoms with Crippen LogP contribution in [0, 0.1) is 9.39 Å². The third-order valence-corrected chi connectivity index (χ3v) is 7.77. The molecule has 0 unspecified atom stereocenters. The highest BCUT2D eigenvalue weighted by Crippen LogP contribution is 2.38. The van der Waals surface area contributed by atoms with Crippen LogP contribution in [0.5, 0.6) is 5.75 Å². The Hall–Kier alpha value is -1.69. The van der Waals surface area contributed by atoms with Gasteiger partial charge >= 0.3 is 0 Å². The maximum absolute atomic E-state index is 13.2. The van der Waals surface area contributed by atoms with Crippen LogP contribution in [-0.2, 0) is 11.4 Å². The van der Waals surface area contributed by atoms with Gasteiger partial charge in [-0.25, -0.2) is 9.38 Å². The average molecular weight is 716 g/mol. The molecule has 1 aliphatic rings. The largest absolute Gasteiger partial charge is 0.487 e. The van der Waals surface area contributed by atoms with Gasteiger partial charge in [-0.15, -0.1) is 0 Å². The Labute approximate surface area is 232 Å². The fourth-order valence-electron chi connectivity index (χ4n) is 3.18. The van der Waals surface area contributed by atoms with Gasteiger partial charge in [-0.05, 0) is 139 Å². The molecule has 0 aliphatic carbocycles. The van der Waals surface area contributed by atoms with E-state index >= 15 is 0 Å². The lowest BCUT2D eigenvalue weighted by atomic mass is 10.2. The van der Waals surface area contributed by atoms with Crippen LogP contribution in [0.2, 0.25) is 0 Å². The fourth-order valence-corrected chi connectivity index (χ4v) is 6.06. The molecule has 4 nitrogen and oxygen atoms in total. The summed E-state index contributed by atoms with van der Waals surface area (Å²) in [5.41, 5.74) is 2.51. The van der Waals surface area contributed by atoms with Crippen molar-refractivity contribution in [3.05, 3.63) is 95.0 Å². The molecule has 1 saturated heterocycles. The number of amidine groups is 1. The lowest BCUT2D eigenvalue weighted by Crippen LogP contribution is -2.28. The van der Waals surface area contributed by atoms with Crippen molar-refractivity contribution in [3.63, 3.8) is 0 Å². The molecule has 0 N–H and O–H groups in total. The summed E-state index contributed by atoms with van der Waals surface area (Å²) in [5, 5.41) is 0.570. The van der Waals surface area contributed by atoms with Crippen molar-refractivity contribution in [2.24, 2.45) is 4.99 Å². The molecule has 1 heterocycles. The first-order valence-corrected chi connectivity index (χ1v) is 13.7. The first-order valence-electron chi connectivity index (χ1n) is 10.3. The second kappa shape index (κ2) is 11.4. The third kappa shape index (κ3) is 6.10. The molecule has 0 bridgehead atoms. The zero-order chi connectivity index (χ0) is 24.2. The molecule has 9 heteroatoms. The highest BCUT2D eigenvalue weighted by atomic mass is 127. The number of benzene rings is 3. The van der Waals surface area contributed by atoms with E-state index in [1.165, 1.54) is 27.5 Å². The number of hydrogen-bond acceptors (Lipinski definition) is 4. The van der Waals surface area contributed by atoms with Gasteiger partial charge < -0.3 is 4.74 Å². The van der Waals surface area contributed by atoms with Crippen LogP contribution >= 0.6 is 66.2 Å². The quantitative estimate of drug-likeness (QED) is 0.191. The Bertz CT molecular complexity index is 1260. The Kier molecular flexibility index (Phi) is 8.49. The number of ether oxygens (including phenoxy) is 1. The number of carbonyl (C=O) groups is 1. The average Bonchev–Trinajstić information content (AvgIpc) is 3.09. The van der Waals surface area contributed by atoms with Gasteiger partial charge in [-0.1, -0.05) is 12.1 Å². The summed E-state index contributed by atoms with van der Waals surface area (Å²) in [7, 11) is 0. The Morgan fingerprint density at radius 2 is 1.74 bits per heavy atom. The Morgan fingerprint density at radius 1 is 1.09 bits per heavy atom. The van der Waals surface area contributed by atoms with E-state index in [0.29, 0.717) is 34.7 Å². The molecule has 1 fully saturated rings. The van der Waals surface area contributed by atoms with Crippen LogP contribution in [-0.4, -0.2) is 22.5 Å². The van der Waals surface area contributed by atoms with Gasteiger partial charge in [-0.2, -0.15) is 0 Å². The predicted molar refractivity (Wildman–Crippen MR) is 152 cm³/mol. The van der Waals surface area contributed by atoms with E-state index in [4.69, 9.17) is 4.74 Å². The van der Waals surface area contributed by atoms with E-state index in [0.717, 1.165) is 20.1 Å². The topological polar surface area (TPSA) is 41.9 Å². The third-order valence-electron chi connectivity index (χ3n) is 4.87. The minimum Gasteiger partial charge on any atom is -0.487 e. The van der Waals surface area contributed by atoms with E-state index < -0.39 is 0 Å². The molecule has 1 amide bonds. The smallest absolute Gasteiger partial charge is 0.266 e. The van der Waals surface area contributed by atoms with Gasteiger partial charge in [0.25, 0.3) is 5.91 Å². The summed E-state index contributed by atoms with van der Waals surface area (Å²) in [4.78, 5) is 19.7. The van der Waals surface area contributed by atoms with Crippen LogP contribution in [0.25, 0.3) is 6.08 Å². The van der Waals surface area contributed by atoms with Crippen molar-refractivity contribution in [2.75, 3.05) is 6.54 Å². The monoisotopic (exact) mass is 714 g/mol. The summed E-state index contributed by atoms with van der Waals surface area (Å²) in [6, 6.07) is 17.9. The van der Waals surface area contributed by atoms with Crippen LogP contribution in [0.1, 0.15) is 18.1 Å². The fraction of sp³-hybridized carbons (Fsp3) is 0.120. The van der Waals surface area contributed by atoms with Crippen LogP contribution in [0.15, 0.2) is 79.5 Å². The minimum absolute atomic E-state index is 0.111. The lowest BCUT2D eigenvalue weighted by molar-refractivity contribution is -0.122. The van der Waals surface area contributed by atoms with Gasteiger partial charge in [0, 0.05) is 10.1 Å². The zero-order valence-electron chi connectivity index (χ0n) is 17.9. The number of likely N-dealkylation sites (N-methyl/N-ethyl adjacent to an activating group) is 1. The van der Waals surface area contributed by atoms with Crippen molar-refractivity contribution in [3.8, 4) is 5.75 Å². The Balaban J connectivity index is 1.55. The van der Waals surface area contributed by atoms with Crippen molar-refractivity contribution in [1.82, 2.24) is 4.90 Å². The summed E-state index contributed by atoms with van der Waals surface area (Å²) >= 11 is 10.8. The summed E-state index contributed by atoms with van der Waals surface area (Å²) in [5.74, 6) is 0.258. The predicted octanol–water partition coefficient (Wildman–Crippen LogP) is 8.16. The second-order valence-corrected chi connectivity index (χ2v) is 11.2. The standard InChI is InChI=1S/C25H18Br2FIN2O2S/c1-2-31-24(32)22(34-25(31)30-19-9-5-17(28)6-10-19)13-16-11-20(26)23(21(27)12-16)33-14-15-3-7-18(29)8-4-15/h3-13H,2,14H2,1H3/b22-13+,30-25?. The molecule has 0 saturated carbocycles. The first kappa shape index (κ1) is 25.4. The van der Waals surface area contributed by atoms with E-state index in [2.05, 4.69) is 59.4 Å². The number of rotatable bonds is 6. The summed E-state index contributed by atoms with van der Waals surface area (Å²) in [6.07, 6.45) is 1.83. The van der Waals surface area contributed by atoms with Crippen LogP contribution in [0.3, 0.4) is 0 Å². The summed E-state index contributed by atoms with van der Waals surface area (Å²) < 4.78 is 22.0. The molecule has 0 spiro atoms. The number of aliphatic imine (C=N–C) groups is 1. The first-order chi connectivity index (χ1) is 16.3. The number of carbonyl (C=O) groups excluding carboxylic acids is 1. The molecular weight excluding hydrogens is 698 g/mol. The van der Waals surface area contributed by atoms with Gasteiger partial charge in [0.15, 0.2) is 5.17 Å². The minimum atomic E-state index is -0.325. The van der Waals surface area contributed by atoms with Crippen molar-refractivity contribution in [2.45, 2.75) is 13.5 Å². The van der Waals surface area contributed by atoms with Crippen LogP contribution < -0.4 is 4.74 Å². The number of halogens is 4. The number of nitrogens with zero attached hydrogens (tertiary/aromatic N) is 2. The molecule has 3 aromatic rings. The van der Waals surface area contributed by atoms with Crippen molar-refractivity contribution >= 4 is 89.1 Å². The highest BCUT2D eigenvalue weighted by Gasteiger charge is 2.32. The molecule has 0 aromatic heterocycles. The SMILES string of the molecule is CCN1C(=O)/C(=C\c2cc(Br)c(OCc3ccc(I)cc3)c(Br)c2)SC1=Nc1ccc(F)cc1. The zero-order valence-corrected chi connectivity index (χ0v) is 24.0. The molecule has 4 rings (SSSR count). The number of hydrogen-bond donors (Lipinski definition) is 0. The highest BCUT2D eigenvalue weighted by molar-refractivity contribution is 14.1. The van der Waals surface area contributed by atoms with Crippen molar-refractivity contribution in [1.29, 1.82) is 0 Å². The van der Waals surface area contributed by atoms with Crippen molar-refractivity contribution < 1.29 is 13.9 Å². The molecular formula is C25H18Br2FIN2O2S. The maximum Gasteiger partial charge on any atom is 0.266 e. The second-order valence-electron chi connectivity index (χ2n) is 7.26. The lowest BCUT2D eigenvalue weighted by Gasteiger charge is -2.12. The normalized spacial score (nSPS) is 16.0. The molecule has 0 atom stereocenters. The van der Waals surface area contributed by atoms with E-state index in [-0.39, 0.29) is 11.7 Å². The molecule has 0 radical (unpaired) electrons. The number of thioether (sulfide) groups is 1. The molecule has 34 heavy (non-hydrogen) atoms. The van der Waals surface area contributed by atoms with E-state index in [9.17, 15) is 9.18 Å². The number of amides is 1. The van der Waals surface area contributed by atoms with Gasteiger partial charge in [0.05, 0.1) is 19.5 Å². The summed E-state index contributed by atoms with van der Waals surface area (Å²) in [6.45, 7) is 2.83. The van der Waals surface area contributed by atoms with E-state index in [1.54, 1.807) is 17.0 Å². The molecule has 174 valence electrons.